The third-order valence-corrected chi connectivity index (χ3v) is 5.72. The van der Waals surface area contributed by atoms with Gasteiger partial charge in [0.1, 0.15) is 11.7 Å². The van der Waals surface area contributed by atoms with Crippen molar-refractivity contribution in [1.29, 1.82) is 0 Å². The topological polar surface area (TPSA) is 81.8 Å². The van der Waals surface area contributed by atoms with Gasteiger partial charge in [0.25, 0.3) is 11.5 Å². The summed E-state index contributed by atoms with van der Waals surface area (Å²) in [6.07, 6.45) is 3.10. The fraction of sp³-hybridized carbons (Fsp3) is 0.308. The Morgan fingerprint density at radius 2 is 1.73 bits per heavy atom. The number of fused-ring (bicyclic) bond motifs is 1. The second-order valence-electron chi connectivity index (χ2n) is 9.35. The maximum absolute atomic E-state index is 12.9. The van der Waals surface area contributed by atoms with Crippen LogP contribution in [-0.2, 0) is 18.5 Å². The van der Waals surface area contributed by atoms with Crippen molar-refractivity contribution in [2.75, 3.05) is 6.54 Å². The first-order chi connectivity index (χ1) is 15.7. The normalized spacial score (nSPS) is 11.6. The number of aromatic nitrogens is 4. The van der Waals surface area contributed by atoms with E-state index in [2.05, 4.69) is 36.2 Å². The van der Waals surface area contributed by atoms with Gasteiger partial charge >= 0.3 is 0 Å². The van der Waals surface area contributed by atoms with Crippen LogP contribution < -0.4 is 10.9 Å². The number of carbonyl (C=O) groups excluding carboxylic acids is 1. The van der Waals surface area contributed by atoms with Crippen LogP contribution in [0.2, 0.25) is 0 Å². The number of hydrogen-bond donors (Lipinski definition) is 1. The van der Waals surface area contributed by atoms with Crippen LogP contribution >= 0.6 is 0 Å². The van der Waals surface area contributed by atoms with Crippen molar-refractivity contribution in [3.05, 3.63) is 93.7 Å². The number of aryl methyl sites for hydroxylation is 1. The van der Waals surface area contributed by atoms with E-state index in [4.69, 9.17) is 0 Å². The molecule has 0 fully saturated rings. The second kappa shape index (κ2) is 9.02. The van der Waals surface area contributed by atoms with Crippen molar-refractivity contribution in [1.82, 2.24) is 24.6 Å². The van der Waals surface area contributed by atoms with E-state index < -0.39 is 0 Å². The molecule has 0 unspecified atom stereocenters. The fourth-order valence-corrected chi connectivity index (χ4v) is 3.66. The van der Waals surface area contributed by atoms with Crippen LogP contribution in [-0.4, -0.2) is 31.8 Å². The highest BCUT2D eigenvalue weighted by Crippen LogP contribution is 2.22. The van der Waals surface area contributed by atoms with Crippen LogP contribution in [0.1, 0.15) is 47.8 Å². The number of nitrogens with zero attached hydrogens (tertiary/aromatic N) is 4. The summed E-state index contributed by atoms with van der Waals surface area (Å²) in [5.74, 6) is -0.139. The minimum Gasteiger partial charge on any atom is -0.350 e. The Kier molecular flexibility index (Phi) is 6.14. The lowest BCUT2D eigenvalue weighted by atomic mass is 9.87. The molecule has 0 radical (unpaired) electrons. The van der Waals surface area contributed by atoms with Crippen LogP contribution in [0.5, 0.6) is 0 Å². The van der Waals surface area contributed by atoms with Gasteiger partial charge in [0.05, 0.1) is 19.3 Å². The molecule has 2 heterocycles. The quantitative estimate of drug-likeness (QED) is 0.493. The van der Waals surface area contributed by atoms with Gasteiger partial charge < -0.3 is 5.32 Å². The molecule has 4 aromatic rings. The zero-order chi connectivity index (χ0) is 23.6. The Morgan fingerprint density at radius 1 is 1.03 bits per heavy atom. The largest absolute Gasteiger partial charge is 0.350 e. The number of benzene rings is 2. The molecule has 7 nitrogen and oxygen atoms in total. The zero-order valence-corrected chi connectivity index (χ0v) is 19.5. The Labute approximate surface area is 193 Å². The fourth-order valence-electron chi connectivity index (χ4n) is 3.66. The highest BCUT2D eigenvalue weighted by molar-refractivity contribution is 5.94. The zero-order valence-electron chi connectivity index (χ0n) is 19.5. The van der Waals surface area contributed by atoms with E-state index in [1.807, 2.05) is 55.5 Å². The van der Waals surface area contributed by atoms with Crippen molar-refractivity contribution in [2.45, 2.75) is 46.2 Å². The van der Waals surface area contributed by atoms with Gasteiger partial charge in [-0.2, -0.15) is 5.10 Å². The predicted octanol–water partition coefficient (Wildman–Crippen LogP) is 3.68. The van der Waals surface area contributed by atoms with Gasteiger partial charge in [0, 0.05) is 12.1 Å². The van der Waals surface area contributed by atoms with E-state index >= 15 is 0 Å². The van der Waals surface area contributed by atoms with Crippen LogP contribution in [0.3, 0.4) is 0 Å². The molecule has 0 atom stereocenters. The van der Waals surface area contributed by atoms with Crippen molar-refractivity contribution in [3.8, 4) is 0 Å². The summed E-state index contributed by atoms with van der Waals surface area (Å²) in [5, 5.41) is 7.69. The lowest BCUT2D eigenvalue weighted by Crippen LogP contribution is -2.28. The highest BCUT2D eigenvalue weighted by Gasteiger charge is 2.15. The number of carbonyl (C=O) groups is 1. The maximum atomic E-state index is 12.9. The van der Waals surface area contributed by atoms with Gasteiger partial charge in [-0.1, -0.05) is 62.7 Å². The highest BCUT2D eigenvalue weighted by atomic mass is 16.1. The van der Waals surface area contributed by atoms with Crippen LogP contribution in [0.15, 0.2) is 65.8 Å². The lowest BCUT2D eigenvalue weighted by Gasteiger charge is -2.19. The minimum atomic E-state index is -0.139. The van der Waals surface area contributed by atoms with Crippen molar-refractivity contribution in [2.24, 2.45) is 0 Å². The smallest absolute Gasteiger partial charge is 0.264 e. The summed E-state index contributed by atoms with van der Waals surface area (Å²) in [7, 11) is 0. The van der Waals surface area contributed by atoms with Crippen LogP contribution in [0, 0.1) is 6.92 Å². The average Bonchev–Trinajstić information content (AvgIpc) is 3.20. The molecule has 33 heavy (non-hydrogen) atoms. The van der Waals surface area contributed by atoms with Gasteiger partial charge in [0.2, 0.25) is 0 Å². The molecule has 0 aliphatic rings. The van der Waals surface area contributed by atoms with E-state index in [9.17, 15) is 9.59 Å². The Balaban J connectivity index is 1.41. The molecule has 7 heteroatoms. The summed E-state index contributed by atoms with van der Waals surface area (Å²) in [6, 6.07) is 15.7. The molecular formula is C26H29N5O2. The molecule has 0 saturated heterocycles. The van der Waals surface area contributed by atoms with E-state index in [1.54, 1.807) is 21.8 Å². The molecule has 2 aromatic heterocycles. The third-order valence-electron chi connectivity index (χ3n) is 5.72. The van der Waals surface area contributed by atoms with Gasteiger partial charge in [-0.3, -0.25) is 14.2 Å². The molecule has 0 aliphatic carbocycles. The van der Waals surface area contributed by atoms with Crippen molar-refractivity contribution in [3.63, 3.8) is 0 Å². The number of nitrogens with one attached hydrogen (secondary N) is 1. The molecule has 0 aliphatic heterocycles. The molecule has 2 aromatic carbocycles. The lowest BCUT2D eigenvalue weighted by molar-refractivity contribution is 0.0952. The van der Waals surface area contributed by atoms with Gasteiger partial charge in [-0.25, -0.2) is 9.67 Å². The van der Waals surface area contributed by atoms with Crippen LogP contribution in [0.4, 0.5) is 0 Å². The summed E-state index contributed by atoms with van der Waals surface area (Å²) >= 11 is 0. The number of amides is 1. The predicted molar refractivity (Wildman–Crippen MR) is 130 cm³/mol. The van der Waals surface area contributed by atoms with Gasteiger partial charge in [-0.15, -0.1) is 0 Å². The molecule has 1 N–H and O–H groups in total. The van der Waals surface area contributed by atoms with Crippen molar-refractivity contribution >= 4 is 16.9 Å². The first-order valence-electron chi connectivity index (χ1n) is 11.1. The first kappa shape index (κ1) is 22.5. The van der Waals surface area contributed by atoms with E-state index in [0.29, 0.717) is 36.2 Å². The molecule has 4 rings (SSSR count). The summed E-state index contributed by atoms with van der Waals surface area (Å²) < 4.78 is 3.23. The molecule has 0 saturated carbocycles. The van der Waals surface area contributed by atoms with E-state index in [0.717, 1.165) is 5.56 Å². The van der Waals surface area contributed by atoms with Crippen LogP contribution in [0.25, 0.3) is 11.0 Å². The number of hydrogen-bond acceptors (Lipinski definition) is 4. The van der Waals surface area contributed by atoms with E-state index in [-0.39, 0.29) is 16.9 Å². The van der Waals surface area contributed by atoms with Crippen molar-refractivity contribution < 1.29 is 4.79 Å². The molecular weight excluding hydrogens is 414 g/mol. The minimum absolute atomic E-state index is 0.0435. The SMILES string of the molecule is Cc1ccc(Cn2cnc3c(cnn3CCNC(=O)c3ccc(C(C)(C)C)cc3)c2=O)cc1. The Morgan fingerprint density at radius 3 is 2.39 bits per heavy atom. The standard InChI is InChI=1S/C26H29N5O2/c1-18-5-7-19(8-6-18)16-30-17-28-23-22(25(30)33)15-29-31(23)14-13-27-24(32)20-9-11-21(12-10-20)26(2,3)4/h5-12,15,17H,13-14,16H2,1-4H3,(H,27,32). The number of rotatable bonds is 6. The molecule has 0 spiro atoms. The Bertz CT molecular complexity index is 1330. The summed E-state index contributed by atoms with van der Waals surface area (Å²) in [5.41, 5.74) is 4.44. The molecule has 170 valence electrons. The average molecular weight is 444 g/mol. The third kappa shape index (κ3) is 5.03. The second-order valence-corrected chi connectivity index (χ2v) is 9.35. The Hall–Kier alpha value is -3.74. The molecule has 0 bridgehead atoms. The summed E-state index contributed by atoms with van der Waals surface area (Å²) in [6.45, 7) is 9.71. The molecule has 1 amide bonds. The van der Waals surface area contributed by atoms with E-state index in [1.165, 1.54) is 11.1 Å². The maximum Gasteiger partial charge on any atom is 0.264 e. The van der Waals surface area contributed by atoms with Gasteiger partial charge in [0.15, 0.2) is 5.65 Å². The summed E-state index contributed by atoms with van der Waals surface area (Å²) in [4.78, 5) is 29.8. The first-order valence-corrected chi connectivity index (χ1v) is 11.1. The monoisotopic (exact) mass is 443 g/mol. The van der Waals surface area contributed by atoms with Gasteiger partial charge in [-0.05, 0) is 35.6 Å².